The van der Waals surface area contributed by atoms with Crippen LogP contribution in [0.15, 0.2) is 18.2 Å². The first-order valence-electron chi connectivity index (χ1n) is 8.93. The Morgan fingerprint density at radius 1 is 1.00 bits per heavy atom. The van der Waals surface area contributed by atoms with Crippen LogP contribution in [0.5, 0.6) is 0 Å². The Hall–Kier alpha value is -1.98. The number of rotatable bonds is 7. The minimum Gasteiger partial charge on any atom is -0.351 e. The summed E-state index contributed by atoms with van der Waals surface area (Å²) < 4.78 is 27.6. The van der Waals surface area contributed by atoms with E-state index in [1.807, 2.05) is 0 Å². The zero-order valence-electron chi connectivity index (χ0n) is 14.5. The molecule has 136 valence electrons. The first-order valence-corrected chi connectivity index (χ1v) is 8.93. The van der Waals surface area contributed by atoms with Gasteiger partial charge >= 0.3 is 0 Å². The molecular weight excluding hydrogens is 326 g/mol. The summed E-state index contributed by atoms with van der Waals surface area (Å²) in [5, 5.41) is 5.57. The molecular formula is C19H24F2N2O2. The van der Waals surface area contributed by atoms with Gasteiger partial charge in [-0.05, 0) is 55.6 Å². The minimum absolute atomic E-state index is 0.163. The summed E-state index contributed by atoms with van der Waals surface area (Å²) in [4.78, 5) is 25.0. The van der Waals surface area contributed by atoms with Crippen LogP contribution in [0.1, 0.15) is 49.9 Å². The molecule has 1 atom stereocenters. The van der Waals surface area contributed by atoms with E-state index in [4.69, 9.17) is 0 Å². The van der Waals surface area contributed by atoms with Crippen molar-refractivity contribution < 1.29 is 18.4 Å². The lowest BCUT2D eigenvalue weighted by Gasteiger charge is -2.25. The van der Waals surface area contributed by atoms with E-state index in [9.17, 15) is 18.4 Å². The normalized spacial score (nSPS) is 18.3. The zero-order valence-corrected chi connectivity index (χ0v) is 14.5. The van der Waals surface area contributed by atoms with Crippen LogP contribution in [0.4, 0.5) is 8.78 Å². The molecule has 2 amide bonds. The van der Waals surface area contributed by atoms with Crippen molar-refractivity contribution >= 4 is 11.8 Å². The first-order chi connectivity index (χ1) is 11.9. The molecule has 2 saturated carbocycles. The molecule has 0 saturated heterocycles. The maximum Gasteiger partial charge on any atom is 0.257 e. The fourth-order valence-corrected chi connectivity index (χ4v) is 3.25. The second kappa shape index (κ2) is 7.10. The average molecular weight is 350 g/mol. The Morgan fingerprint density at radius 3 is 1.96 bits per heavy atom. The third-order valence-electron chi connectivity index (χ3n) is 4.99. The average Bonchev–Trinajstić information content (AvgIpc) is 3.43. The maximum absolute atomic E-state index is 13.8. The minimum atomic E-state index is -0.936. The van der Waals surface area contributed by atoms with Gasteiger partial charge in [-0.1, -0.05) is 19.9 Å². The molecule has 2 aliphatic carbocycles. The molecule has 6 heteroatoms. The Balaban J connectivity index is 1.70. The third-order valence-corrected chi connectivity index (χ3v) is 4.99. The molecule has 0 aliphatic heterocycles. The van der Waals surface area contributed by atoms with Crippen molar-refractivity contribution in [3.05, 3.63) is 35.4 Å². The van der Waals surface area contributed by atoms with Crippen LogP contribution in [-0.2, 0) is 4.79 Å². The molecule has 2 fully saturated rings. The molecule has 1 unspecified atom stereocenters. The smallest absolute Gasteiger partial charge is 0.257 e. The van der Waals surface area contributed by atoms with E-state index >= 15 is 0 Å². The highest BCUT2D eigenvalue weighted by Crippen LogP contribution is 2.44. The van der Waals surface area contributed by atoms with Gasteiger partial charge < -0.3 is 10.6 Å². The first kappa shape index (κ1) is 17.8. The fraction of sp³-hybridized carbons (Fsp3) is 0.579. The van der Waals surface area contributed by atoms with Gasteiger partial charge in [0.05, 0.1) is 0 Å². The summed E-state index contributed by atoms with van der Waals surface area (Å²) in [6, 6.07) is 2.59. The van der Waals surface area contributed by atoms with Gasteiger partial charge in [-0.15, -0.1) is 0 Å². The van der Waals surface area contributed by atoms with Gasteiger partial charge in [0.1, 0.15) is 23.2 Å². The third kappa shape index (κ3) is 4.17. The van der Waals surface area contributed by atoms with Crippen LogP contribution in [-0.4, -0.2) is 23.9 Å². The fourth-order valence-electron chi connectivity index (χ4n) is 3.25. The van der Waals surface area contributed by atoms with Crippen molar-refractivity contribution in [1.82, 2.24) is 10.6 Å². The quantitative estimate of drug-likeness (QED) is 0.794. The molecule has 0 bridgehead atoms. The van der Waals surface area contributed by atoms with Gasteiger partial charge in [0.15, 0.2) is 0 Å². The van der Waals surface area contributed by atoms with Crippen LogP contribution in [0, 0.1) is 29.4 Å². The number of nitrogens with one attached hydrogen (secondary N) is 2. The summed E-state index contributed by atoms with van der Waals surface area (Å²) in [5.74, 6) is -2.18. The monoisotopic (exact) mass is 350 g/mol. The summed E-state index contributed by atoms with van der Waals surface area (Å²) in [6.45, 7) is 3.59. The number of carbonyl (C=O) groups excluding carboxylic acids is 2. The lowest BCUT2D eigenvalue weighted by molar-refractivity contribution is -0.125. The van der Waals surface area contributed by atoms with E-state index in [0.29, 0.717) is 11.8 Å². The van der Waals surface area contributed by atoms with Crippen LogP contribution in [0.3, 0.4) is 0 Å². The number of amides is 2. The molecule has 1 aromatic carbocycles. The van der Waals surface area contributed by atoms with Crippen LogP contribution in [0.2, 0.25) is 0 Å². The lowest BCUT2D eigenvalue weighted by atomic mass is 10.0. The van der Waals surface area contributed by atoms with Crippen molar-refractivity contribution in [3.8, 4) is 0 Å². The summed E-state index contributed by atoms with van der Waals surface area (Å²) in [5.41, 5.74) is -0.651. The molecule has 0 spiro atoms. The van der Waals surface area contributed by atoms with E-state index in [2.05, 4.69) is 10.6 Å². The number of halogens is 2. The van der Waals surface area contributed by atoms with Crippen molar-refractivity contribution in [2.45, 2.75) is 51.6 Å². The summed E-state index contributed by atoms with van der Waals surface area (Å²) in [7, 11) is 0. The number of hydrogen-bond donors (Lipinski definition) is 2. The summed E-state index contributed by atoms with van der Waals surface area (Å²) >= 11 is 0. The number of hydrogen-bond acceptors (Lipinski definition) is 2. The van der Waals surface area contributed by atoms with Crippen LogP contribution in [0.25, 0.3) is 0 Å². The Bertz CT molecular complexity index is 637. The van der Waals surface area contributed by atoms with E-state index < -0.39 is 29.1 Å². The topological polar surface area (TPSA) is 58.2 Å². The van der Waals surface area contributed by atoms with Crippen molar-refractivity contribution in [2.24, 2.45) is 17.8 Å². The molecule has 4 nitrogen and oxygen atoms in total. The second-order valence-electron chi connectivity index (χ2n) is 7.50. The molecule has 0 heterocycles. The highest BCUT2D eigenvalue weighted by molar-refractivity contribution is 5.98. The van der Waals surface area contributed by atoms with Crippen LogP contribution >= 0.6 is 0 Å². The highest BCUT2D eigenvalue weighted by Gasteiger charge is 2.43. The number of carbonyl (C=O) groups is 2. The van der Waals surface area contributed by atoms with Gasteiger partial charge in [-0.3, -0.25) is 9.59 Å². The standard InChI is InChI=1S/C19H24F2N2O2/c1-10(2)16(19(25)23-17(11-6-7-11)12-8-9-12)22-18(24)15-13(20)4-3-5-14(15)21/h3-5,10-12,16-17H,6-9H2,1-2H3,(H,22,24)(H,23,25). The van der Waals surface area contributed by atoms with E-state index in [1.165, 1.54) is 6.07 Å². The second-order valence-corrected chi connectivity index (χ2v) is 7.50. The molecule has 0 radical (unpaired) electrons. The number of benzene rings is 1. The predicted molar refractivity (Wildman–Crippen MR) is 89.8 cm³/mol. The zero-order chi connectivity index (χ0) is 18.1. The van der Waals surface area contributed by atoms with E-state index in [-0.39, 0.29) is 17.9 Å². The lowest BCUT2D eigenvalue weighted by Crippen LogP contribution is -2.53. The maximum atomic E-state index is 13.8. The van der Waals surface area contributed by atoms with Gasteiger partial charge in [0.25, 0.3) is 5.91 Å². The van der Waals surface area contributed by atoms with Gasteiger partial charge in [0.2, 0.25) is 5.91 Å². The van der Waals surface area contributed by atoms with Crippen molar-refractivity contribution in [1.29, 1.82) is 0 Å². The largest absolute Gasteiger partial charge is 0.351 e. The SMILES string of the molecule is CC(C)C(NC(=O)c1c(F)cccc1F)C(=O)NC(C1CC1)C1CC1. The van der Waals surface area contributed by atoms with Gasteiger partial charge in [-0.2, -0.15) is 0 Å². The van der Waals surface area contributed by atoms with Crippen molar-refractivity contribution in [3.63, 3.8) is 0 Å². The van der Waals surface area contributed by atoms with Crippen molar-refractivity contribution in [2.75, 3.05) is 0 Å². The molecule has 2 N–H and O–H groups in total. The highest BCUT2D eigenvalue weighted by atomic mass is 19.1. The Labute approximate surface area is 146 Å². The Kier molecular flexibility index (Phi) is 5.06. The molecule has 25 heavy (non-hydrogen) atoms. The molecule has 3 rings (SSSR count). The van der Waals surface area contributed by atoms with E-state index in [1.54, 1.807) is 13.8 Å². The molecule has 2 aliphatic rings. The van der Waals surface area contributed by atoms with Crippen LogP contribution < -0.4 is 10.6 Å². The summed E-state index contributed by atoms with van der Waals surface area (Å²) in [6.07, 6.45) is 4.50. The Morgan fingerprint density at radius 2 is 1.52 bits per heavy atom. The van der Waals surface area contributed by atoms with Gasteiger partial charge in [-0.25, -0.2) is 8.78 Å². The molecule has 0 aromatic heterocycles. The van der Waals surface area contributed by atoms with Gasteiger partial charge in [0, 0.05) is 6.04 Å². The van der Waals surface area contributed by atoms with E-state index in [0.717, 1.165) is 37.8 Å². The molecule has 1 aromatic rings. The predicted octanol–water partition coefficient (Wildman–Crippen LogP) is 3.02.